The van der Waals surface area contributed by atoms with Crippen molar-refractivity contribution in [2.24, 2.45) is 5.92 Å². The molecule has 0 saturated carbocycles. The van der Waals surface area contributed by atoms with Crippen LogP contribution in [0, 0.1) is 5.92 Å². The first-order chi connectivity index (χ1) is 7.82. The third-order valence-corrected chi connectivity index (χ3v) is 3.14. The summed E-state index contributed by atoms with van der Waals surface area (Å²) in [6, 6.07) is 0. The number of nitrogens with zero attached hydrogens (tertiary/aromatic N) is 1. The quantitative estimate of drug-likeness (QED) is 0.808. The van der Waals surface area contributed by atoms with Crippen LogP contribution in [0.5, 0.6) is 0 Å². The minimum absolute atomic E-state index is 0.132. The summed E-state index contributed by atoms with van der Waals surface area (Å²) < 4.78 is 3.68. The van der Waals surface area contributed by atoms with Crippen molar-refractivity contribution >= 4 is 40.7 Å². The lowest BCUT2D eigenvalue weighted by molar-refractivity contribution is -0.126. The van der Waals surface area contributed by atoms with Gasteiger partial charge in [-0.3, -0.25) is 9.69 Å². The zero-order valence-electron chi connectivity index (χ0n) is 9.88. The molecule has 0 aromatic carbocycles. The molecule has 0 aliphatic carbocycles. The van der Waals surface area contributed by atoms with Crippen LogP contribution in [0.15, 0.2) is 0 Å². The number of rotatable bonds is 3. The highest BCUT2D eigenvalue weighted by Gasteiger charge is 2.39. The fraction of sp³-hybridized carbons (Fsp3) is 0.900. The molecule has 1 N–H and O–H groups in total. The van der Waals surface area contributed by atoms with Crippen molar-refractivity contribution in [3.63, 3.8) is 0 Å². The Morgan fingerprint density at radius 2 is 1.82 bits per heavy atom. The summed E-state index contributed by atoms with van der Waals surface area (Å²) in [4.78, 5) is 13.6. The van der Waals surface area contributed by atoms with Gasteiger partial charge in [0.25, 0.3) is 0 Å². The van der Waals surface area contributed by atoms with E-state index in [4.69, 9.17) is 39.5 Å². The van der Waals surface area contributed by atoms with Crippen LogP contribution in [0.2, 0.25) is 0 Å². The van der Waals surface area contributed by atoms with Crippen LogP contribution in [0.25, 0.3) is 0 Å². The molecular weight excluding hydrogens is 286 g/mol. The van der Waals surface area contributed by atoms with Gasteiger partial charge in [0, 0.05) is 19.0 Å². The zero-order chi connectivity index (χ0) is 13.1. The molecule has 1 amide bonds. The van der Waals surface area contributed by atoms with Gasteiger partial charge in [-0.05, 0) is 0 Å². The second-order valence-corrected chi connectivity index (χ2v) is 6.62. The van der Waals surface area contributed by atoms with Crippen molar-refractivity contribution in [2.45, 2.75) is 23.8 Å². The normalized spacial score (nSPS) is 20.4. The molecule has 0 radical (unpaired) electrons. The maximum absolute atomic E-state index is 11.7. The van der Waals surface area contributed by atoms with Gasteiger partial charge in [0.2, 0.25) is 9.70 Å². The van der Waals surface area contributed by atoms with Crippen molar-refractivity contribution in [3.8, 4) is 0 Å². The van der Waals surface area contributed by atoms with E-state index in [1.807, 2.05) is 4.90 Å². The van der Waals surface area contributed by atoms with Crippen molar-refractivity contribution < 1.29 is 9.53 Å². The summed E-state index contributed by atoms with van der Waals surface area (Å²) in [7, 11) is 0. The number of amides is 1. The second-order valence-electron chi connectivity index (χ2n) is 4.26. The highest BCUT2D eigenvalue weighted by molar-refractivity contribution is 6.68. The first-order valence-electron chi connectivity index (χ1n) is 5.51. The maximum atomic E-state index is 11.7. The van der Waals surface area contributed by atoms with Gasteiger partial charge in [-0.25, -0.2) is 0 Å². The topological polar surface area (TPSA) is 41.6 Å². The molecule has 0 spiro atoms. The van der Waals surface area contributed by atoms with Crippen molar-refractivity contribution in [3.05, 3.63) is 0 Å². The molecule has 0 aromatic rings. The van der Waals surface area contributed by atoms with E-state index in [9.17, 15) is 4.79 Å². The molecule has 17 heavy (non-hydrogen) atoms. The lowest BCUT2D eigenvalue weighted by Crippen LogP contribution is -2.58. The van der Waals surface area contributed by atoms with E-state index >= 15 is 0 Å². The van der Waals surface area contributed by atoms with Gasteiger partial charge in [-0.1, -0.05) is 48.7 Å². The highest BCUT2D eigenvalue weighted by atomic mass is 35.6. The van der Waals surface area contributed by atoms with E-state index in [1.165, 1.54) is 0 Å². The summed E-state index contributed by atoms with van der Waals surface area (Å²) in [5.74, 6) is -0.279. The minimum Gasteiger partial charge on any atom is -0.379 e. The highest BCUT2D eigenvalue weighted by Crippen LogP contribution is 2.32. The summed E-state index contributed by atoms with van der Waals surface area (Å²) in [6.07, 6.45) is -0.619. The van der Waals surface area contributed by atoms with Crippen molar-refractivity contribution in [1.29, 1.82) is 0 Å². The first kappa shape index (κ1) is 15.3. The summed E-state index contributed by atoms with van der Waals surface area (Å²) in [5, 5.41) is 2.76. The van der Waals surface area contributed by atoms with Gasteiger partial charge in [-0.15, -0.1) is 0 Å². The number of nitrogens with one attached hydrogen (secondary N) is 1. The van der Waals surface area contributed by atoms with Gasteiger partial charge in [0.15, 0.2) is 0 Å². The largest absolute Gasteiger partial charge is 0.379 e. The van der Waals surface area contributed by atoms with E-state index in [-0.39, 0.29) is 11.8 Å². The number of hydrogen-bond donors (Lipinski definition) is 1. The number of ether oxygens (including phenoxy) is 1. The number of carbonyl (C=O) groups is 1. The Kier molecular flexibility index (Phi) is 5.80. The number of alkyl halides is 3. The molecule has 1 unspecified atom stereocenters. The molecule has 1 aliphatic rings. The van der Waals surface area contributed by atoms with Crippen LogP contribution in [0.4, 0.5) is 0 Å². The standard InChI is InChI=1S/C10H17Cl3N2O2/c1-7(2)8(16)14-9(10(11,12)13)15-3-5-17-6-4-15/h7,9H,3-6H2,1-2H3,(H,14,16). The molecular formula is C10H17Cl3N2O2. The fourth-order valence-corrected chi connectivity index (χ4v) is 2.09. The van der Waals surface area contributed by atoms with Gasteiger partial charge in [-0.2, -0.15) is 0 Å². The number of carbonyl (C=O) groups excluding carboxylic acids is 1. The minimum atomic E-state index is -1.55. The lowest BCUT2D eigenvalue weighted by atomic mass is 10.2. The van der Waals surface area contributed by atoms with Gasteiger partial charge in [0.1, 0.15) is 6.17 Å². The van der Waals surface area contributed by atoms with Crippen LogP contribution >= 0.6 is 34.8 Å². The van der Waals surface area contributed by atoms with E-state index < -0.39 is 9.96 Å². The molecule has 7 heteroatoms. The molecule has 1 atom stereocenters. The second kappa shape index (κ2) is 6.43. The molecule has 1 saturated heterocycles. The Morgan fingerprint density at radius 3 is 2.24 bits per heavy atom. The Hall–Kier alpha value is 0.260. The van der Waals surface area contributed by atoms with E-state index in [2.05, 4.69) is 5.32 Å². The average molecular weight is 304 g/mol. The maximum Gasteiger partial charge on any atom is 0.223 e. The van der Waals surface area contributed by atoms with E-state index in [1.54, 1.807) is 13.8 Å². The van der Waals surface area contributed by atoms with Crippen LogP contribution in [0.3, 0.4) is 0 Å². The van der Waals surface area contributed by atoms with Gasteiger partial charge in [0.05, 0.1) is 13.2 Å². The van der Waals surface area contributed by atoms with Crippen molar-refractivity contribution in [2.75, 3.05) is 26.3 Å². The molecule has 4 nitrogen and oxygen atoms in total. The Balaban J connectivity index is 2.69. The van der Waals surface area contributed by atoms with Crippen molar-refractivity contribution in [1.82, 2.24) is 10.2 Å². The predicted octanol–water partition coefficient (Wildman–Crippen LogP) is 1.79. The first-order valence-corrected chi connectivity index (χ1v) is 6.64. The third kappa shape index (κ3) is 4.79. The molecule has 0 aromatic heterocycles. The summed E-state index contributed by atoms with van der Waals surface area (Å²) >= 11 is 17.7. The number of morpholine rings is 1. The number of halogens is 3. The summed E-state index contributed by atoms with van der Waals surface area (Å²) in [5.41, 5.74) is 0. The molecule has 1 aliphatic heterocycles. The van der Waals surface area contributed by atoms with Crippen LogP contribution in [0.1, 0.15) is 13.8 Å². The van der Waals surface area contributed by atoms with Gasteiger partial charge >= 0.3 is 0 Å². The van der Waals surface area contributed by atoms with Crippen LogP contribution in [-0.2, 0) is 9.53 Å². The average Bonchev–Trinajstić information content (AvgIpc) is 2.25. The van der Waals surface area contributed by atoms with E-state index in [0.29, 0.717) is 26.3 Å². The van der Waals surface area contributed by atoms with Crippen LogP contribution in [-0.4, -0.2) is 47.1 Å². The smallest absolute Gasteiger partial charge is 0.223 e. The Morgan fingerprint density at radius 1 is 1.29 bits per heavy atom. The fourth-order valence-electron chi connectivity index (χ4n) is 1.52. The molecule has 100 valence electrons. The summed E-state index contributed by atoms with van der Waals surface area (Å²) in [6.45, 7) is 6.02. The zero-order valence-corrected chi connectivity index (χ0v) is 12.1. The predicted molar refractivity (Wildman–Crippen MR) is 69.5 cm³/mol. The molecule has 1 rings (SSSR count). The Labute approximate surface area is 117 Å². The molecule has 0 bridgehead atoms. The van der Waals surface area contributed by atoms with Gasteiger partial charge < -0.3 is 10.1 Å². The lowest BCUT2D eigenvalue weighted by Gasteiger charge is -2.38. The van der Waals surface area contributed by atoms with E-state index in [0.717, 1.165) is 0 Å². The number of hydrogen-bond acceptors (Lipinski definition) is 3. The van der Waals surface area contributed by atoms with Crippen LogP contribution < -0.4 is 5.32 Å². The Bertz CT molecular complexity index is 263. The molecule has 1 heterocycles. The SMILES string of the molecule is CC(C)C(=O)NC(N1CCOCC1)C(Cl)(Cl)Cl. The monoisotopic (exact) mass is 302 g/mol. The molecule has 1 fully saturated rings. The third-order valence-electron chi connectivity index (χ3n) is 2.52.